The second kappa shape index (κ2) is 5.27. The zero-order chi connectivity index (χ0) is 12.3. The lowest BCUT2D eigenvalue weighted by Crippen LogP contribution is -2.21. The van der Waals surface area contributed by atoms with E-state index in [4.69, 9.17) is 9.52 Å². The Balaban J connectivity index is 1.83. The molecule has 0 spiro atoms. The smallest absolute Gasteiger partial charge is 0.303 e. The molecule has 17 heavy (non-hydrogen) atoms. The topological polar surface area (TPSA) is 79.5 Å². The molecule has 6 nitrogen and oxygen atoms in total. The van der Waals surface area contributed by atoms with Gasteiger partial charge in [0.1, 0.15) is 0 Å². The van der Waals surface area contributed by atoms with Gasteiger partial charge in [0.25, 0.3) is 0 Å². The zero-order valence-corrected chi connectivity index (χ0v) is 9.93. The first kappa shape index (κ1) is 12.0. The first-order chi connectivity index (χ1) is 8.17. The zero-order valence-electron chi connectivity index (χ0n) is 9.93. The molecule has 0 amide bonds. The Bertz CT molecular complexity index is 391. The Labute approximate surface area is 99.6 Å². The van der Waals surface area contributed by atoms with E-state index in [2.05, 4.69) is 15.1 Å². The predicted molar refractivity (Wildman–Crippen MR) is 59.3 cm³/mol. The van der Waals surface area contributed by atoms with Crippen molar-refractivity contribution in [1.29, 1.82) is 0 Å². The highest BCUT2D eigenvalue weighted by Gasteiger charge is 2.25. The van der Waals surface area contributed by atoms with Gasteiger partial charge in [-0.1, -0.05) is 6.92 Å². The maximum atomic E-state index is 10.6. The van der Waals surface area contributed by atoms with Crippen molar-refractivity contribution in [3.05, 3.63) is 11.8 Å². The SMILES string of the molecule is CCc1nnc(CN2CCC(CC(=O)O)C2)o1. The lowest BCUT2D eigenvalue weighted by atomic mass is 10.1. The Morgan fingerprint density at radius 2 is 2.29 bits per heavy atom. The Kier molecular flexibility index (Phi) is 3.73. The van der Waals surface area contributed by atoms with Crippen molar-refractivity contribution in [1.82, 2.24) is 15.1 Å². The lowest BCUT2D eigenvalue weighted by molar-refractivity contribution is -0.138. The van der Waals surface area contributed by atoms with E-state index in [-0.39, 0.29) is 12.3 Å². The Morgan fingerprint density at radius 1 is 1.53 bits per heavy atom. The van der Waals surface area contributed by atoms with E-state index < -0.39 is 5.97 Å². The maximum Gasteiger partial charge on any atom is 0.303 e. The number of nitrogens with zero attached hydrogens (tertiary/aromatic N) is 3. The number of rotatable bonds is 5. The van der Waals surface area contributed by atoms with Gasteiger partial charge < -0.3 is 9.52 Å². The molecule has 1 atom stereocenters. The number of carboxylic acids is 1. The van der Waals surface area contributed by atoms with Crippen molar-refractivity contribution in [3.63, 3.8) is 0 Å². The second-order valence-electron chi connectivity index (χ2n) is 4.43. The van der Waals surface area contributed by atoms with E-state index in [1.807, 2.05) is 6.92 Å². The molecule has 1 aliphatic rings. The number of hydrogen-bond donors (Lipinski definition) is 1. The van der Waals surface area contributed by atoms with Gasteiger partial charge >= 0.3 is 5.97 Å². The molecule has 1 aromatic rings. The Morgan fingerprint density at radius 3 is 2.94 bits per heavy atom. The number of carboxylic acid groups (broad SMARTS) is 1. The van der Waals surface area contributed by atoms with Crippen molar-refractivity contribution in [2.45, 2.75) is 32.7 Å². The summed E-state index contributed by atoms with van der Waals surface area (Å²) in [6.07, 6.45) is 1.93. The molecule has 0 aromatic carbocycles. The van der Waals surface area contributed by atoms with Gasteiger partial charge in [-0.05, 0) is 18.9 Å². The normalized spacial score (nSPS) is 20.9. The van der Waals surface area contributed by atoms with Crippen LogP contribution in [-0.2, 0) is 17.8 Å². The summed E-state index contributed by atoms with van der Waals surface area (Å²) in [5, 5.41) is 16.6. The molecule has 1 fully saturated rings. The van der Waals surface area contributed by atoms with Crippen LogP contribution in [0.3, 0.4) is 0 Å². The fraction of sp³-hybridized carbons (Fsp3) is 0.727. The molecule has 2 heterocycles. The molecule has 1 aromatic heterocycles. The van der Waals surface area contributed by atoms with Gasteiger partial charge in [-0.25, -0.2) is 0 Å². The van der Waals surface area contributed by atoms with Gasteiger partial charge in [-0.15, -0.1) is 10.2 Å². The van der Waals surface area contributed by atoms with Crippen LogP contribution < -0.4 is 0 Å². The van der Waals surface area contributed by atoms with Crippen molar-refractivity contribution < 1.29 is 14.3 Å². The molecule has 1 N–H and O–H groups in total. The van der Waals surface area contributed by atoms with Gasteiger partial charge in [-0.3, -0.25) is 9.69 Å². The van der Waals surface area contributed by atoms with Crippen LogP contribution in [0.25, 0.3) is 0 Å². The number of carbonyl (C=O) groups is 1. The van der Waals surface area contributed by atoms with E-state index >= 15 is 0 Å². The van der Waals surface area contributed by atoms with Gasteiger partial charge in [0.2, 0.25) is 11.8 Å². The maximum absolute atomic E-state index is 10.6. The van der Waals surface area contributed by atoms with Gasteiger partial charge in [0.05, 0.1) is 6.54 Å². The van der Waals surface area contributed by atoms with E-state index in [1.165, 1.54) is 0 Å². The van der Waals surface area contributed by atoms with Gasteiger partial charge in [0, 0.05) is 19.4 Å². The third-order valence-electron chi connectivity index (χ3n) is 3.00. The average molecular weight is 239 g/mol. The molecule has 1 saturated heterocycles. The number of aromatic nitrogens is 2. The first-order valence-electron chi connectivity index (χ1n) is 5.92. The lowest BCUT2D eigenvalue weighted by Gasteiger charge is -2.12. The minimum absolute atomic E-state index is 0.251. The molecule has 94 valence electrons. The number of hydrogen-bond acceptors (Lipinski definition) is 5. The molecule has 0 bridgehead atoms. The molecule has 6 heteroatoms. The van der Waals surface area contributed by atoms with Crippen LogP contribution in [0.2, 0.25) is 0 Å². The molecule has 0 radical (unpaired) electrons. The fourth-order valence-corrected chi connectivity index (χ4v) is 2.16. The standard InChI is InChI=1S/C11H17N3O3/c1-2-9-12-13-10(17-9)7-14-4-3-8(6-14)5-11(15)16/h8H,2-7H2,1H3,(H,15,16). The molecule has 0 aliphatic carbocycles. The first-order valence-corrected chi connectivity index (χ1v) is 5.92. The van der Waals surface area contributed by atoms with Crippen LogP contribution in [0.15, 0.2) is 4.42 Å². The van der Waals surface area contributed by atoms with Crippen LogP contribution in [0.4, 0.5) is 0 Å². The third-order valence-corrected chi connectivity index (χ3v) is 3.00. The summed E-state index contributed by atoms with van der Waals surface area (Å²) in [6, 6.07) is 0. The monoisotopic (exact) mass is 239 g/mol. The second-order valence-corrected chi connectivity index (χ2v) is 4.43. The van der Waals surface area contributed by atoms with Crippen molar-refractivity contribution in [3.8, 4) is 0 Å². The summed E-state index contributed by atoms with van der Waals surface area (Å²) >= 11 is 0. The molecule has 2 rings (SSSR count). The van der Waals surface area contributed by atoms with E-state index in [9.17, 15) is 4.79 Å². The average Bonchev–Trinajstić information content (AvgIpc) is 2.88. The van der Waals surface area contributed by atoms with Crippen LogP contribution in [0, 0.1) is 5.92 Å². The molecular weight excluding hydrogens is 222 g/mol. The van der Waals surface area contributed by atoms with Crippen molar-refractivity contribution in [2.75, 3.05) is 13.1 Å². The van der Waals surface area contributed by atoms with Crippen LogP contribution in [0.1, 0.15) is 31.5 Å². The summed E-state index contributed by atoms with van der Waals surface area (Å²) in [7, 11) is 0. The number of aryl methyl sites for hydroxylation is 1. The van der Waals surface area contributed by atoms with Gasteiger partial charge in [-0.2, -0.15) is 0 Å². The van der Waals surface area contributed by atoms with E-state index in [0.717, 1.165) is 25.9 Å². The fourth-order valence-electron chi connectivity index (χ4n) is 2.16. The number of aliphatic carboxylic acids is 1. The Hall–Kier alpha value is -1.43. The number of likely N-dealkylation sites (tertiary alicyclic amines) is 1. The van der Waals surface area contributed by atoms with Crippen LogP contribution >= 0.6 is 0 Å². The molecule has 1 aliphatic heterocycles. The summed E-state index contributed by atoms with van der Waals surface area (Å²) in [6.45, 7) is 4.30. The minimum Gasteiger partial charge on any atom is -0.481 e. The largest absolute Gasteiger partial charge is 0.481 e. The van der Waals surface area contributed by atoms with E-state index in [0.29, 0.717) is 18.3 Å². The summed E-state index contributed by atoms with van der Waals surface area (Å²) < 4.78 is 5.43. The van der Waals surface area contributed by atoms with Gasteiger partial charge in [0.15, 0.2) is 0 Å². The van der Waals surface area contributed by atoms with Crippen molar-refractivity contribution in [2.24, 2.45) is 5.92 Å². The predicted octanol–water partition coefficient (Wildman–Crippen LogP) is 0.929. The highest BCUT2D eigenvalue weighted by atomic mass is 16.4. The quantitative estimate of drug-likeness (QED) is 0.823. The summed E-state index contributed by atoms with van der Waals surface area (Å²) in [4.78, 5) is 12.8. The van der Waals surface area contributed by atoms with Crippen LogP contribution in [-0.4, -0.2) is 39.3 Å². The summed E-state index contributed by atoms with van der Waals surface area (Å²) in [5.41, 5.74) is 0. The van der Waals surface area contributed by atoms with Crippen molar-refractivity contribution >= 4 is 5.97 Å². The minimum atomic E-state index is -0.720. The highest BCUT2D eigenvalue weighted by molar-refractivity contribution is 5.67. The van der Waals surface area contributed by atoms with Crippen LogP contribution in [0.5, 0.6) is 0 Å². The molecule has 0 saturated carbocycles. The summed E-state index contributed by atoms with van der Waals surface area (Å²) in [5.74, 6) is 0.808. The molecule has 1 unspecified atom stereocenters. The third kappa shape index (κ3) is 3.26. The van der Waals surface area contributed by atoms with E-state index in [1.54, 1.807) is 0 Å². The highest BCUT2D eigenvalue weighted by Crippen LogP contribution is 2.21. The molecular formula is C11H17N3O3.